The molecule has 1 heterocycles. The molecular weight excluding hydrogens is 206 g/mol. The number of hydrogen-bond donors (Lipinski definition) is 0. The molecule has 0 radical (unpaired) electrons. The summed E-state index contributed by atoms with van der Waals surface area (Å²) >= 11 is 0. The van der Waals surface area contributed by atoms with Gasteiger partial charge < -0.3 is 9.64 Å². The number of fused-ring (bicyclic) bond motifs is 1. The molecule has 1 aliphatic rings. The molecule has 0 saturated carbocycles. The number of nitrogens with zero attached hydrogens (tertiary/aromatic N) is 1. The molecule has 0 aliphatic carbocycles. The molecule has 0 aromatic heterocycles. The number of rotatable bonds is 4. The first-order valence-electron chi connectivity index (χ1n) is 5.12. The van der Waals surface area contributed by atoms with Crippen LogP contribution >= 0.6 is 0 Å². The molecule has 84 valence electrons. The second kappa shape index (κ2) is 4.45. The van der Waals surface area contributed by atoms with Crippen molar-refractivity contribution in [2.75, 3.05) is 20.3 Å². The monoisotopic (exact) mass is 219 g/mol. The Morgan fingerprint density at radius 3 is 3.00 bits per heavy atom. The van der Waals surface area contributed by atoms with Gasteiger partial charge in [-0.1, -0.05) is 12.1 Å². The standard InChI is InChI=1S/C12H13NO3/c1-16-5-4-13-7-10-3-2-9(8-14)6-11(10)12(13)15/h2-3,6,8H,4-5,7H2,1H3. The summed E-state index contributed by atoms with van der Waals surface area (Å²) in [6.07, 6.45) is 0.755. The van der Waals surface area contributed by atoms with Crippen molar-refractivity contribution in [1.82, 2.24) is 4.90 Å². The van der Waals surface area contributed by atoms with Gasteiger partial charge in [0.05, 0.1) is 6.61 Å². The first kappa shape index (κ1) is 10.8. The van der Waals surface area contributed by atoms with Crippen molar-refractivity contribution in [3.05, 3.63) is 34.9 Å². The van der Waals surface area contributed by atoms with Crippen molar-refractivity contribution in [3.63, 3.8) is 0 Å². The summed E-state index contributed by atoms with van der Waals surface area (Å²) in [6, 6.07) is 5.22. The zero-order chi connectivity index (χ0) is 11.5. The van der Waals surface area contributed by atoms with E-state index in [0.29, 0.717) is 30.8 Å². The smallest absolute Gasteiger partial charge is 0.254 e. The van der Waals surface area contributed by atoms with Crippen LogP contribution in [0.2, 0.25) is 0 Å². The minimum Gasteiger partial charge on any atom is -0.383 e. The maximum Gasteiger partial charge on any atom is 0.254 e. The summed E-state index contributed by atoms with van der Waals surface area (Å²) in [7, 11) is 1.61. The molecule has 4 heteroatoms. The second-order valence-electron chi connectivity index (χ2n) is 3.75. The Morgan fingerprint density at radius 2 is 2.31 bits per heavy atom. The predicted molar refractivity (Wildman–Crippen MR) is 58.4 cm³/mol. The number of amides is 1. The highest BCUT2D eigenvalue weighted by molar-refractivity contribution is 5.99. The molecule has 1 aromatic carbocycles. The van der Waals surface area contributed by atoms with Crippen LogP contribution in [0.4, 0.5) is 0 Å². The maximum atomic E-state index is 11.9. The van der Waals surface area contributed by atoms with E-state index >= 15 is 0 Å². The second-order valence-corrected chi connectivity index (χ2v) is 3.75. The third-order valence-corrected chi connectivity index (χ3v) is 2.71. The number of carbonyl (C=O) groups is 2. The molecular formula is C12H13NO3. The number of ether oxygens (including phenoxy) is 1. The van der Waals surface area contributed by atoms with Crippen LogP contribution in [0.25, 0.3) is 0 Å². The Kier molecular flexibility index (Phi) is 3.01. The van der Waals surface area contributed by atoms with Crippen molar-refractivity contribution in [2.24, 2.45) is 0 Å². The summed E-state index contributed by atoms with van der Waals surface area (Å²) in [6.45, 7) is 1.72. The van der Waals surface area contributed by atoms with Crippen LogP contribution < -0.4 is 0 Å². The number of carbonyl (C=O) groups excluding carboxylic acids is 2. The normalized spacial score (nSPS) is 14.1. The van der Waals surface area contributed by atoms with Gasteiger partial charge in [-0.3, -0.25) is 9.59 Å². The molecule has 0 atom stereocenters. The Bertz CT molecular complexity index is 428. The van der Waals surface area contributed by atoms with Crippen LogP contribution in [0.1, 0.15) is 26.3 Å². The lowest BCUT2D eigenvalue weighted by atomic mass is 10.1. The van der Waals surface area contributed by atoms with E-state index in [0.717, 1.165) is 11.8 Å². The lowest BCUT2D eigenvalue weighted by Crippen LogP contribution is -2.27. The van der Waals surface area contributed by atoms with E-state index in [-0.39, 0.29) is 5.91 Å². The van der Waals surface area contributed by atoms with Crippen molar-refractivity contribution in [2.45, 2.75) is 6.54 Å². The van der Waals surface area contributed by atoms with Crippen LogP contribution in [0.5, 0.6) is 0 Å². The fourth-order valence-electron chi connectivity index (χ4n) is 1.83. The van der Waals surface area contributed by atoms with Crippen LogP contribution in [0.15, 0.2) is 18.2 Å². The third-order valence-electron chi connectivity index (χ3n) is 2.71. The van der Waals surface area contributed by atoms with Gasteiger partial charge in [0, 0.05) is 31.3 Å². The van der Waals surface area contributed by atoms with E-state index in [9.17, 15) is 9.59 Å². The molecule has 1 aromatic rings. The zero-order valence-electron chi connectivity index (χ0n) is 9.10. The SMILES string of the molecule is COCCN1Cc2ccc(C=O)cc2C1=O. The lowest BCUT2D eigenvalue weighted by molar-refractivity contribution is 0.0719. The Morgan fingerprint density at radius 1 is 1.50 bits per heavy atom. The van der Waals surface area contributed by atoms with Crippen LogP contribution in [-0.2, 0) is 11.3 Å². The van der Waals surface area contributed by atoms with Crippen molar-refractivity contribution in [3.8, 4) is 0 Å². The van der Waals surface area contributed by atoms with E-state index in [2.05, 4.69) is 0 Å². The fourth-order valence-corrected chi connectivity index (χ4v) is 1.83. The highest BCUT2D eigenvalue weighted by atomic mass is 16.5. The third kappa shape index (κ3) is 1.84. The highest BCUT2D eigenvalue weighted by Crippen LogP contribution is 2.23. The Balaban J connectivity index is 2.21. The molecule has 0 fully saturated rings. The van der Waals surface area contributed by atoms with Gasteiger partial charge in [0.15, 0.2) is 0 Å². The van der Waals surface area contributed by atoms with Gasteiger partial charge >= 0.3 is 0 Å². The quantitative estimate of drug-likeness (QED) is 0.712. The molecule has 2 rings (SSSR count). The number of methoxy groups -OCH3 is 1. The average molecular weight is 219 g/mol. The van der Waals surface area contributed by atoms with Gasteiger partial charge in [0.25, 0.3) is 5.91 Å². The Hall–Kier alpha value is -1.68. The predicted octanol–water partition coefficient (Wildman–Crippen LogP) is 1.10. The molecule has 1 amide bonds. The van der Waals surface area contributed by atoms with Gasteiger partial charge in [-0.15, -0.1) is 0 Å². The van der Waals surface area contributed by atoms with Gasteiger partial charge in [0.1, 0.15) is 6.29 Å². The van der Waals surface area contributed by atoms with Gasteiger partial charge in [-0.05, 0) is 11.6 Å². The van der Waals surface area contributed by atoms with E-state index in [1.165, 1.54) is 0 Å². The molecule has 0 saturated heterocycles. The van der Waals surface area contributed by atoms with Crippen LogP contribution in [-0.4, -0.2) is 37.4 Å². The zero-order valence-corrected chi connectivity index (χ0v) is 9.10. The summed E-state index contributed by atoms with van der Waals surface area (Å²) in [5.41, 5.74) is 2.16. The van der Waals surface area contributed by atoms with E-state index in [1.54, 1.807) is 24.1 Å². The van der Waals surface area contributed by atoms with Gasteiger partial charge in [0.2, 0.25) is 0 Å². The summed E-state index contributed by atoms with van der Waals surface area (Å²) in [5, 5.41) is 0. The molecule has 1 aliphatic heterocycles. The van der Waals surface area contributed by atoms with Crippen molar-refractivity contribution in [1.29, 1.82) is 0 Å². The van der Waals surface area contributed by atoms with Gasteiger partial charge in [-0.25, -0.2) is 0 Å². The lowest BCUT2D eigenvalue weighted by Gasteiger charge is -2.14. The number of hydrogen-bond acceptors (Lipinski definition) is 3. The molecule has 0 unspecified atom stereocenters. The van der Waals surface area contributed by atoms with Gasteiger partial charge in [-0.2, -0.15) is 0 Å². The first-order chi connectivity index (χ1) is 7.76. The molecule has 0 N–H and O–H groups in total. The molecule has 0 spiro atoms. The molecule has 4 nitrogen and oxygen atoms in total. The number of aldehydes is 1. The summed E-state index contributed by atoms with van der Waals surface area (Å²) in [4.78, 5) is 24.3. The molecule has 0 bridgehead atoms. The average Bonchev–Trinajstić information content (AvgIpc) is 2.63. The summed E-state index contributed by atoms with van der Waals surface area (Å²) in [5.74, 6) is -0.0178. The van der Waals surface area contributed by atoms with Crippen LogP contribution in [0.3, 0.4) is 0 Å². The molecule has 16 heavy (non-hydrogen) atoms. The van der Waals surface area contributed by atoms with Crippen molar-refractivity contribution >= 4 is 12.2 Å². The minimum absolute atomic E-state index is 0.0178. The topological polar surface area (TPSA) is 46.6 Å². The Labute approximate surface area is 93.8 Å². The van der Waals surface area contributed by atoms with E-state index in [4.69, 9.17) is 4.74 Å². The van der Waals surface area contributed by atoms with Crippen LogP contribution in [0, 0.1) is 0 Å². The summed E-state index contributed by atoms with van der Waals surface area (Å²) < 4.78 is 4.95. The van der Waals surface area contributed by atoms with Crippen molar-refractivity contribution < 1.29 is 14.3 Å². The maximum absolute atomic E-state index is 11.9. The van der Waals surface area contributed by atoms with E-state index in [1.807, 2.05) is 6.07 Å². The first-order valence-corrected chi connectivity index (χ1v) is 5.12. The fraction of sp³-hybridized carbons (Fsp3) is 0.333. The number of benzene rings is 1. The largest absolute Gasteiger partial charge is 0.383 e. The minimum atomic E-state index is -0.0178. The highest BCUT2D eigenvalue weighted by Gasteiger charge is 2.26. The van der Waals surface area contributed by atoms with E-state index < -0.39 is 0 Å².